The van der Waals surface area contributed by atoms with Gasteiger partial charge in [-0.3, -0.25) is 14.9 Å². The van der Waals surface area contributed by atoms with E-state index in [0.717, 1.165) is 0 Å². The van der Waals surface area contributed by atoms with E-state index in [2.05, 4.69) is 0 Å². The number of hydrogen-bond acceptors (Lipinski definition) is 4. The van der Waals surface area contributed by atoms with E-state index in [4.69, 9.17) is 10.4 Å². The minimum atomic E-state index is -0.787. The van der Waals surface area contributed by atoms with E-state index in [0.29, 0.717) is 0 Å². The van der Waals surface area contributed by atoms with Gasteiger partial charge >= 0.3 is 0 Å². The summed E-state index contributed by atoms with van der Waals surface area (Å²) in [6.07, 6.45) is 0.0973. The first-order valence-corrected chi connectivity index (χ1v) is 3.73. The summed E-state index contributed by atoms with van der Waals surface area (Å²) in [4.78, 5) is 21.8. The van der Waals surface area contributed by atoms with Gasteiger partial charge in [0.15, 0.2) is 5.76 Å². The summed E-state index contributed by atoms with van der Waals surface area (Å²) in [7, 11) is 0. The third-order valence-electron chi connectivity index (χ3n) is 1.83. The van der Waals surface area contributed by atoms with Gasteiger partial charge in [0, 0.05) is 12.3 Å². The monoisotopic (exact) mass is 180 g/mol. The Hall–Kier alpha value is -1.83. The predicted molar refractivity (Wildman–Crippen MR) is 42.2 cm³/mol. The van der Waals surface area contributed by atoms with Crippen LogP contribution in [0.4, 0.5) is 0 Å². The van der Waals surface area contributed by atoms with Crippen molar-refractivity contribution in [3.05, 3.63) is 11.3 Å². The zero-order valence-corrected chi connectivity index (χ0v) is 7.00. The molecule has 68 valence electrons. The standard InChI is InChI=1S/C8H8N2O3/c1-4(2-3-9)5-6(11)8(13)10-7(5)12/h4H,2H2,1H3,(H2,10,11,12,13)/t4-/m1/s1. The van der Waals surface area contributed by atoms with E-state index in [1.54, 1.807) is 6.92 Å². The Morgan fingerprint density at radius 1 is 1.54 bits per heavy atom. The summed E-state index contributed by atoms with van der Waals surface area (Å²) in [6.45, 7) is 1.60. The lowest BCUT2D eigenvalue weighted by Gasteiger charge is -2.04. The van der Waals surface area contributed by atoms with Crippen LogP contribution in [0.2, 0.25) is 0 Å². The van der Waals surface area contributed by atoms with Crippen LogP contribution in [0, 0.1) is 17.2 Å². The number of rotatable bonds is 2. The normalized spacial score (nSPS) is 18.5. The Morgan fingerprint density at radius 2 is 2.15 bits per heavy atom. The van der Waals surface area contributed by atoms with Crippen LogP contribution in [-0.2, 0) is 9.59 Å². The Bertz CT molecular complexity index is 338. The summed E-state index contributed by atoms with van der Waals surface area (Å²) in [5, 5.41) is 19.5. The number of aliphatic hydroxyl groups excluding tert-OH is 1. The molecule has 0 aromatic rings. The highest BCUT2D eigenvalue weighted by Crippen LogP contribution is 2.21. The summed E-state index contributed by atoms with van der Waals surface area (Å²) in [5.41, 5.74) is 0.00606. The zero-order valence-electron chi connectivity index (χ0n) is 7.00. The van der Waals surface area contributed by atoms with Crippen molar-refractivity contribution in [2.75, 3.05) is 0 Å². The van der Waals surface area contributed by atoms with Gasteiger partial charge in [0.05, 0.1) is 11.6 Å². The number of nitriles is 1. The van der Waals surface area contributed by atoms with Crippen LogP contribution in [-0.4, -0.2) is 16.9 Å². The van der Waals surface area contributed by atoms with Gasteiger partial charge < -0.3 is 5.11 Å². The van der Waals surface area contributed by atoms with Crippen LogP contribution in [0.15, 0.2) is 11.3 Å². The van der Waals surface area contributed by atoms with Crippen LogP contribution in [0.1, 0.15) is 13.3 Å². The fourth-order valence-corrected chi connectivity index (χ4v) is 1.16. The summed E-state index contributed by atoms with van der Waals surface area (Å²) >= 11 is 0. The van der Waals surface area contributed by atoms with E-state index >= 15 is 0 Å². The number of hydrogen-bond donors (Lipinski definition) is 2. The number of imide groups is 1. The van der Waals surface area contributed by atoms with Gasteiger partial charge in [-0.1, -0.05) is 6.92 Å². The van der Waals surface area contributed by atoms with Gasteiger partial charge in [-0.05, 0) is 0 Å². The molecule has 13 heavy (non-hydrogen) atoms. The number of amides is 2. The third kappa shape index (κ3) is 1.51. The fourth-order valence-electron chi connectivity index (χ4n) is 1.16. The van der Waals surface area contributed by atoms with E-state index in [1.807, 2.05) is 11.4 Å². The van der Waals surface area contributed by atoms with Crippen molar-refractivity contribution in [2.24, 2.45) is 5.92 Å². The topological polar surface area (TPSA) is 90.2 Å². The van der Waals surface area contributed by atoms with Gasteiger partial charge in [-0.15, -0.1) is 0 Å². The number of nitrogens with one attached hydrogen (secondary N) is 1. The van der Waals surface area contributed by atoms with Crippen molar-refractivity contribution < 1.29 is 14.7 Å². The molecule has 0 spiro atoms. The summed E-state index contributed by atoms with van der Waals surface area (Å²) in [5.74, 6) is -2.38. The highest BCUT2D eigenvalue weighted by atomic mass is 16.3. The van der Waals surface area contributed by atoms with E-state index in [1.165, 1.54) is 0 Å². The molecule has 5 nitrogen and oxygen atoms in total. The summed E-state index contributed by atoms with van der Waals surface area (Å²) in [6, 6.07) is 1.86. The molecule has 0 radical (unpaired) electrons. The van der Waals surface area contributed by atoms with Crippen molar-refractivity contribution in [2.45, 2.75) is 13.3 Å². The second kappa shape index (κ2) is 3.27. The second-order valence-electron chi connectivity index (χ2n) is 2.81. The molecule has 1 atom stereocenters. The lowest BCUT2D eigenvalue weighted by atomic mass is 9.98. The van der Waals surface area contributed by atoms with Crippen LogP contribution < -0.4 is 5.32 Å². The summed E-state index contributed by atoms with van der Waals surface area (Å²) < 4.78 is 0. The minimum Gasteiger partial charge on any atom is -0.503 e. The molecule has 1 rings (SSSR count). The molecule has 5 heteroatoms. The Morgan fingerprint density at radius 3 is 2.54 bits per heavy atom. The van der Waals surface area contributed by atoms with Gasteiger partial charge in [0.1, 0.15) is 0 Å². The molecule has 0 saturated heterocycles. The van der Waals surface area contributed by atoms with Crippen LogP contribution in [0.25, 0.3) is 0 Å². The molecule has 1 aliphatic heterocycles. The van der Waals surface area contributed by atoms with Gasteiger partial charge in [0.2, 0.25) is 0 Å². The maximum absolute atomic E-state index is 11.1. The van der Waals surface area contributed by atoms with Gasteiger partial charge in [-0.2, -0.15) is 5.26 Å². The molecular weight excluding hydrogens is 172 g/mol. The molecule has 0 fully saturated rings. The van der Waals surface area contributed by atoms with Crippen molar-refractivity contribution >= 4 is 11.8 Å². The van der Waals surface area contributed by atoms with Crippen molar-refractivity contribution in [3.63, 3.8) is 0 Å². The molecule has 2 amide bonds. The Labute approximate surface area is 74.7 Å². The Balaban J connectivity index is 2.96. The fraction of sp³-hybridized carbons (Fsp3) is 0.375. The van der Waals surface area contributed by atoms with E-state index in [-0.39, 0.29) is 12.0 Å². The van der Waals surface area contributed by atoms with Crippen molar-refractivity contribution in [1.29, 1.82) is 5.26 Å². The first-order valence-electron chi connectivity index (χ1n) is 3.73. The Kier molecular flexibility index (Phi) is 2.33. The largest absolute Gasteiger partial charge is 0.503 e. The molecule has 0 saturated carbocycles. The molecule has 0 aromatic heterocycles. The van der Waals surface area contributed by atoms with Crippen molar-refractivity contribution in [1.82, 2.24) is 5.32 Å². The average Bonchev–Trinajstić information content (AvgIpc) is 2.27. The predicted octanol–water partition coefficient (Wildman–Crippen LogP) is 0.00468. The van der Waals surface area contributed by atoms with Crippen LogP contribution >= 0.6 is 0 Å². The lowest BCUT2D eigenvalue weighted by Crippen LogP contribution is -2.24. The van der Waals surface area contributed by atoms with Crippen molar-refractivity contribution in [3.8, 4) is 6.07 Å². The lowest BCUT2D eigenvalue weighted by molar-refractivity contribution is -0.125. The van der Waals surface area contributed by atoms with E-state index in [9.17, 15) is 9.59 Å². The van der Waals surface area contributed by atoms with Gasteiger partial charge in [0.25, 0.3) is 11.8 Å². The first-order chi connectivity index (χ1) is 6.07. The molecule has 0 aromatic carbocycles. The number of aliphatic hydroxyl groups is 1. The quantitative estimate of drug-likeness (QED) is 0.585. The average molecular weight is 180 g/mol. The molecule has 0 unspecified atom stereocenters. The smallest absolute Gasteiger partial charge is 0.293 e. The molecular formula is C8H8N2O3. The third-order valence-corrected chi connectivity index (χ3v) is 1.83. The first kappa shape index (κ1) is 9.26. The maximum atomic E-state index is 11.1. The highest BCUT2D eigenvalue weighted by Gasteiger charge is 2.33. The molecule has 0 aliphatic carbocycles. The second-order valence-corrected chi connectivity index (χ2v) is 2.81. The number of carbonyl (C=O) groups is 2. The highest BCUT2D eigenvalue weighted by molar-refractivity contribution is 6.18. The zero-order chi connectivity index (χ0) is 10.0. The number of carbonyl (C=O) groups excluding carboxylic acids is 2. The molecule has 1 heterocycles. The molecule has 1 aliphatic rings. The molecule has 0 bridgehead atoms. The van der Waals surface area contributed by atoms with Crippen LogP contribution in [0.5, 0.6) is 0 Å². The number of nitrogens with zero attached hydrogens (tertiary/aromatic N) is 1. The maximum Gasteiger partial charge on any atom is 0.293 e. The molecule has 2 N–H and O–H groups in total. The minimum absolute atomic E-state index is 0.00606. The SMILES string of the molecule is C[C@H](CC#N)C1=C(O)C(=O)NC1=O. The van der Waals surface area contributed by atoms with Crippen LogP contribution in [0.3, 0.4) is 0 Å². The van der Waals surface area contributed by atoms with E-state index < -0.39 is 23.5 Å². The van der Waals surface area contributed by atoms with Gasteiger partial charge in [-0.25, -0.2) is 0 Å².